The van der Waals surface area contributed by atoms with E-state index in [-0.39, 0.29) is 13.2 Å². The lowest BCUT2D eigenvalue weighted by Gasteiger charge is -2.34. The molecule has 0 amide bonds. The monoisotopic (exact) mass is 183 g/mol. The number of carbonyl (C=O) groups is 1. The van der Waals surface area contributed by atoms with Crippen LogP contribution in [0.5, 0.6) is 0 Å². The number of aryl methyl sites for hydroxylation is 1. The van der Waals surface area contributed by atoms with E-state index >= 15 is 0 Å². The number of carboxylic acid groups (broad SMARTS) is 1. The van der Waals surface area contributed by atoms with Crippen LogP contribution in [0, 0.1) is 0 Å². The average Bonchev–Trinajstić information content (AvgIpc) is 2.32. The fourth-order valence-corrected chi connectivity index (χ4v) is 1.21. The molecule has 1 aliphatic rings. The SMILES string of the molecule is Cn1cnc(C2(C(=O)O)COC2)n1. The summed E-state index contributed by atoms with van der Waals surface area (Å²) in [6, 6.07) is 0. The smallest absolute Gasteiger partial charge is 0.322 e. The molecule has 2 heterocycles. The Balaban J connectivity index is 2.37. The first kappa shape index (κ1) is 8.18. The Labute approximate surface area is 74.1 Å². The van der Waals surface area contributed by atoms with E-state index in [0.717, 1.165) is 0 Å². The first-order chi connectivity index (χ1) is 6.15. The second-order valence-electron chi connectivity index (χ2n) is 3.12. The third-order valence-corrected chi connectivity index (χ3v) is 2.13. The molecule has 1 N–H and O–H groups in total. The summed E-state index contributed by atoms with van der Waals surface area (Å²) < 4.78 is 6.38. The van der Waals surface area contributed by atoms with Gasteiger partial charge in [-0.1, -0.05) is 0 Å². The molecule has 1 saturated heterocycles. The van der Waals surface area contributed by atoms with Gasteiger partial charge in [0.15, 0.2) is 11.2 Å². The standard InChI is InChI=1S/C7H9N3O3/c1-10-4-8-5(9-10)7(6(11)12)2-13-3-7/h4H,2-3H2,1H3,(H,11,12). The van der Waals surface area contributed by atoms with Crippen molar-refractivity contribution >= 4 is 5.97 Å². The number of aromatic nitrogens is 3. The molecular formula is C7H9N3O3. The van der Waals surface area contributed by atoms with Crippen LogP contribution in [0.1, 0.15) is 5.82 Å². The van der Waals surface area contributed by atoms with Crippen LogP contribution in [0.25, 0.3) is 0 Å². The van der Waals surface area contributed by atoms with Crippen LogP contribution in [0.3, 0.4) is 0 Å². The molecule has 1 aromatic heterocycles. The van der Waals surface area contributed by atoms with Gasteiger partial charge in [0, 0.05) is 7.05 Å². The maximum Gasteiger partial charge on any atom is 0.322 e. The van der Waals surface area contributed by atoms with Crippen LogP contribution in [-0.4, -0.2) is 39.1 Å². The minimum Gasteiger partial charge on any atom is -0.480 e. The van der Waals surface area contributed by atoms with Gasteiger partial charge in [-0.3, -0.25) is 9.48 Å². The minimum absolute atomic E-state index is 0.159. The van der Waals surface area contributed by atoms with Gasteiger partial charge >= 0.3 is 5.97 Å². The first-order valence-electron chi connectivity index (χ1n) is 3.82. The molecule has 1 aliphatic heterocycles. The van der Waals surface area contributed by atoms with Crippen LogP contribution >= 0.6 is 0 Å². The molecule has 1 aromatic rings. The van der Waals surface area contributed by atoms with Gasteiger partial charge in [0.2, 0.25) is 0 Å². The van der Waals surface area contributed by atoms with Crippen molar-refractivity contribution in [3.05, 3.63) is 12.2 Å². The number of ether oxygens (including phenoxy) is 1. The molecule has 0 atom stereocenters. The van der Waals surface area contributed by atoms with Gasteiger partial charge in [0.25, 0.3) is 0 Å². The number of aliphatic carboxylic acids is 1. The van der Waals surface area contributed by atoms with E-state index in [1.165, 1.54) is 11.0 Å². The van der Waals surface area contributed by atoms with Gasteiger partial charge in [0.05, 0.1) is 13.2 Å². The van der Waals surface area contributed by atoms with E-state index in [2.05, 4.69) is 10.1 Å². The molecule has 13 heavy (non-hydrogen) atoms. The lowest BCUT2D eigenvalue weighted by atomic mass is 9.85. The van der Waals surface area contributed by atoms with Crippen LogP contribution in [0.4, 0.5) is 0 Å². The summed E-state index contributed by atoms with van der Waals surface area (Å²) in [6.45, 7) is 0.318. The molecule has 2 rings (SSSR count). The van der Waals surface area contributed by atoms with Crippen molar-refractivity contribution in [2.75, 3.05) is 13.2 Å². The van der Waals surface area contributed by atoms with Gasteiger partial charge in [0.1, 0.15) is 6.33 Å². The van der Waals surface area contributed by atoms with Gasteiger partial charge in [-0.2, -0.15) is 5.10 Å². The number of rotatable bonds is 2. The zero-order chi connectivity index (χ0) is 9.47. The van der Waals surface area contributed by atoms with Gasteiger partial charge in [-0.15, -0.1) is 0 Å². The maximum atomic E-state index is 10.9. The molecular weight excluding hydrogens is 174 g/mol. The molecule has 0 bridgehead atoms. The number of hydrogen-bond donors (Lipinski definition) is 1. The third-order valence-electron chi connectivity index (χ3n) is 2.13. The van der Waals surface area contributed by atoms with Crippen molar-refractivity contribution in [1.82, 2.24) is 14.8 Å². The van der Waals surface area contributed by atoms with Crippen LogP contribution < -0.4 is 0 Å². The summed E-state index contributed by atoms with van der Waals surface area (Å²) in [5.41, 5.74) is -1.01. The highest BCUT2D eigenvalue weighted by Gasteiger charge is 2.51. The second-order valence-corrected chi connectivity index (χ2v) is 3.12. The molecule has 6 nitrogen and oxygen atoms in total. The number of hydrogen-bond acceptors (Lipinski definition) is 4. The van der Waals surface area contributed by atoms with E-state index in [4.69, 9.17) is 9.84 Å². The van der Waals surface area contributed by atoms with Crippen molar-refractivity contribution in [2.24, 2.45) is 7.05 Å². The Morgan fingerprint density at radius 1 is 1.77 bits per heavy atom. The van der Waals surface area contributed by atoms with E-state index < -0.39 is 11.4 Å². The van der Waals surface area contributed by atoms with E-state index in [1.54, 1.807) is 7.05 Å². The molecule has 0 aromatic carbocycles. The molecule has 0 spiro atoms. The molecule has 70 valence electrons. The maximum absolute atomic E-state index is 10.9. The van der Waals surface area contributed by atoms with Crippen molar-refractivity contribution < 1.29 is 14.6 Å². The predicted molar refractivity (Wildman–Crippen MR) is 41.1 cm³/mol. The normalized spacial score (nSPS) is 19.5. The molecule has 1 fully saturated rings. The summed E-state index contributed by atoms with van der Waals surface area (Å²) in [5.74, 6) is -0.598. The quantitative estimate of drug-likeness (QED) is 0.647. The summed E-state index contributed by atoms with van der Waals surface area (Å²) >= 11 is 0. The number of carboxylic acids is 1. The summed E-state index contributed by atoms with van der Waals surface area (Å²) in [6.07, 6.45) is 1.48. The van der Waals surface area contributed by atoms with Crippen molar-refractivity contribution in [3.8, 4) is 0 Å². The van der Waals surface area contributed by atoms with Crippen molar-refractivity contribution in [3.63, 3.8) is 0 Å². The van der Waals surface area contributed by atoms with Crippen molar-refractivity contribution in [2.45, 2.75) is 5.41 Å². The third kappa shape index (κ3) is 1.02. The molecule has 0 saturated carbocycles. The zero-order valence-electron chi connectivity index (χ0n) is 7.10. The lowest BCUT2D eigenvalue weighted by molar-refractivity contribution is -0.164. The van der Waals surface area contributed by atoms with Gasteiger partial charge < -0.3 is 9.84 Å². The molecule has 0 aliphatic carbocycles. The Morgan fingerprint density at radius 3 is 2.77 bits per heavy atom. The molecule has 0 unspecified atom stereocenters. The van der Waals surface area contributed by atoms with Gasteiger partial charge in [-0.05, 0) is 0 Å². The Hall–Kier alpha value is -1.43. The highest BCUT2D eigenvalue weighted by molar-refractivity contribution is 5.81. The summed E-state index contributed by atoms with van der Waals surface area (Å²) in [7, 11) is 1.70. The largest absolute Gasteiger partial charge is 0.480 e. The van der Waals surface area contributed by atoms with Crippen LogP contribution in [0.15, 0.2) is 6.33 Å². The first-order valence-corrected chi connectivity index (χ1v) is 3.82. The zero-order valence-corrected chi connectivity index (χ0v) is 7.10. The number of nitrogens with zero attached hydrogens (tertiary/aromatic N) is 3. The molecule has 0 radical (unpaired) electrons. The van der Waals surface area contributed by atoms with Crippen molar-refractivity contribution in [1.29, 1.82) is 0 Å². The summed E-state index contributed by atoms with van der Waals surface area (Å²) in [4.78, 5) is 14.9. The Morgan fingerprint density at radius 2 is 2.46 bits per heavy atom. The summed E-state index contributed by atoms with van der Waals surface area (Å²) in [5, 5.41) is 12.9. The van der Waals surface area contributed by atoms with Crippen LogP contribution in [0.2, 0.25) is 0 Å². The predicted octanol–water partition coefficient (Wildman–Crippen LogP) is -0.832. The van der Waals surface area contributed by atoms with E-state index in [1.807, 2.05) is 0 Å². The fourth-order valence-electron chi connectivity index (χ4n) is 1.21. The lowest BCUT2D eigenvalue weighted by Crippen LogP contribution is -2.53. The average molecular weight is 183 g/mol. The Bertz CT molecular complexity index is 343. The second kappa shape index (κ2) is 2.53. The topological polar surface area (TPSA) is 77.2 Å². The van der Waals surface area contributed by atoms with E-state index in [0.29, 0.717) is 5.82 Å². The van der Waals surface area contributed by atoms with E-state index in [9.17, 15) is 4.79 Å². The fraction of sp³-hybridized carbons (Fsp3) is 0.571. The highest BCUT2D eigenvalue weighted by Crippen LogP contribution is 2.29. The molecule has 6 heteroatoms. The minimum atomic E-state index is -1.01. The highest BCUT2D eigenvalue weighted by atomic mass is 16.5. The Kier molecular flexibility index (Phi) is 1.59. The van der Waals surface area contributed by atoms with Gasteiger partial charge in [-0.25, -0.2) is 4.98 Å². The van der Waals surface area contributed by atoms with Crippen LogP contribution in [-0.2, 0) is 22.0 Å².